The number of likely N-dealkylation sites (N-methyl/N-ethyl adjacent to an activating group) is 2. The summed E-state index contributed by atoms with van der Waals surface area (Å²) in [4.78, 5) is 117. The Morgan fingerprint density at radius 1 is 0.515 bits per heavy atom. The molecular weight excluding hydrogens is 1340 g/mol. The summed E-state index contributed by atoms with van der Waals surface area (Å²) in [6, 6.07) is 3.61. The first kappa shape index (κ1) is 84.7. The van der Waals surface area contributed by atoms with E-state index in [1.165, 1.54) is 11.8 Å². The molecule has 3 saturated heterocycles. The standard InChI is InChI=1S/C37H56N4O16S.C20H30N2O10S.2CO2/c1-19(11-25(43)22(38-2)12-20-6-8-40(15-20)17-54-36-30(48)26(44)28(46)32(56-36)34(50)51)14-39-23(24(42)5-4-10-58-3)13-21-7-9-41(16-21)18-55-37-31(49)27(45)29(47)33(57-37)35(52)53;1-21-12(13(23)6-11(8-33-2)18(27)28)5-10-3-4-22(7-10)9-31-20-16(26)14(24)15(25)17(32-20)19(29)30;2*2-1-3/h6-9,15-16,19,22-23,26-33,36-39,44-49H,4-5,10-14,17-18H2,1-3H3,(H,50,51)(H,52,53);3-4,7,11-12,14-17,20-21,24-26H,5-6,8-9H2,1-2H3,(H,27,28)(H,29,30);;/t19-,22+,23+,26+,27+,28?,29?,30+,31+,32?,33?,36?,37?;11-,12+,14+,15?,16+,17?,20?;;/m11../s1. The molecule has 3 fully saturated rings. The van der Waals surface area contributed by atoms with Gasteiger partial charge in [-0.1, -0.05) is 6.92 Å². The van der Waals surface area contributed by atoms with Crippen molar-refractivity contribution >= 4 is 77.1 Å². The Bertz CT molecular complexity index is 3000. The van der Waals surface area contributed by atoms with Crippen LogP contribution in [0.15, 0.2) is 55.4 Å². The fourth-order valence-electron chi connectivity index (χ4n) is 10.2. The highest BCUT2D eigenvalue weighted by molar-refractivity contribution is 7.98. The zero-order valence-corrected chi connectivity index (χ0v) is 55.0. The molecule has 3 aromatic rings. The number of Topliss-reactive ketones (excluding diaryl/α,β-unsaturated/α-hetero) is 3. The van der Waals surface area contributed by atoms with E-state index >= 15 is 0 Å². The second-order valence-electron chi connectivity index (χ2n) is 22.6. The second kappa shape index (κ2) is 43.1. The SMILES string of the molecule is CN[C@@H](Cc1ccn(COC2OC(C(=O)O)C(O)[C@H](O)[C@@H]2O)c1)C(=O)C[C@@H](C)CN[C@@H](Cc1ccn(COC2OC(C(=O)O)C(O)[C@H](O)[C@@H]2O)c1)C(=O)CCCSC.CN[C@@H](Cc1ccn(COC2OC(C(=O)O)C(O)[C@H](O)[C@@H]2O)c1)C(=O)C[C@H](CSC)C(=O)O.O=C=O.O=C=O. The average Bonchev–Trinajstić information content (AvgIpc) is 1.35. The van der Waals surface area contributed by atoms with Gasteiger partial charge in [0.05, 0.1) is 24.0 Å². The van der Waals surface area contributed by atoms with Gasteiger partial charge < -0.3 is 124 Å². The lowest BCUT2D eigenvalue weighted by Gasteiger charge is -2.38. The van der Waals surface area contributed by atoms with Crippen molar-refractivity contribution in [1.29, 1.82) is 0 Å². The Balaban J connectivity index is 0.000000529. The van der Waals surface area contributed by atoms with Gasteiger partial charge in [0.1, 0.15) is 86.7 Å². The molecule has 36 nitrogen and oxygen atoms in total. The Hall–Kier alpha value is -6.53. The predicted molar refractivity (Wildman–Crippen MR) is 329 cm³/mol. The smallest absolute Gasteiger partial charge is 0.373 e. The summed E-state index contributed by atoms with van der Waals surface area (Å²) in [5.74, 6) is -5.53. The van der Waals surface area contributed by atoms with Crippen LogP contribution in [0.1, 0.15) is 49.3 Å². The molecule has 0 radical (unpaired) electrons. The lowest BCUT2D eigenvalue weighted by Crippen LogP contribution is -2.60. The van der Waals surface area contributed by atoms with Crippen LogP contribution in [-0.2, 0) is 121 Å². The maximum absolute atomic E-state index is 13.4. The van der Waals surface area contributed by atoms with E-state index in [2.05, 4.69) is 16.0 Å². The van der Waals surface area contributed by atoms with Gasteiger partial charge in [-0.25, -0.2) is 14.4 Å². The number of thioether (sulfide) groups is 2. The Morgan fingerprint density at radius 3 is 1.16 bits per heavy atom. The van der Waals surface area contributed by atoms with Crippen LogP contribution in [0.5, 0.6) is 0 Å². The highest BCUT2D eigenvalue weighted by atomic mass is 32.2. The second-order valence-corrected chi connectivity index (χ2v) is 24.5. The summed E-state index contributed by atoms with van der Waals surface area (Å²) in [6.45, 7) is 1.75. The van der Waals surface area contributed by atoms with E-state index in [4.69, 9.17) is 52.7 Å². The molecule has 3 aliphatic heterocycles. The van der Waals surface area contributed by atoms with Crippen LogP contribution in [0.2, 0.25) is 0 Å². The molecule has 20 atom stereocenters. The first-order valence-electron chi connectivity index (χ1n) is 29.9. The van der Waals surface area contributed by atoms with Crippen LogP contribution in [-0.4, -0.2) is 289 Å². The number of nitrogens with zero attached hydrogens (tertiary/aromatic N) is 3. The van der Waals surface area contributed by atoms with Crippen molar-refractivity contribution in [2.24, 2.45) is 11.8 Å². The molecule has 38 heteroatoms. The zero-order valence-electron chi connectivity index (χ0n) is 53.3. The number of carbonyl (C=O) groups is 7. The molecule has 544 valence electrons. The van der Waals surface area contributed by atoms with Crippen LogP contribution < -0.4 is 16.0 Å². The fourth-order valence-corrected chi connectivity index (χ4v) is 11.2. The summed E-state index contributed by atoms with van der Waals surface area (Å²) in [5.41, 5.74) is 2.32. The molecule has 97 heavy (non-hydrogen) atoms. The van der Waals surface area contributed by atoms with E-state index < -0.39 is 140 Å². The minimum absolute atomic E-state index is 0.0178. The molecule has 9 unspecified atom stereocenters. The number of hydrogen-bond acceptors (Lipinski definition) is 31. The molecule has 0 bridgehead atoms. The number of carboxylic acid groups (broad SMARTS) is 4. The number of nitrogens with one attached hydrogen (secondary N) is 3. The van der Waals surface area contributed by atoms with Gasteiger partial charge in [0.15, 0.2) is 43.0 Å². The molecule has 0 amide bonds. The summed E-state index contributed by atoms with van der Waals surface area (Å²) in [6.07, 6.45) is -9.20. The van der Waals surface area contributed by atoms with Crippen molar-refractivity contribution in [1.82, 2.24) is 29.7 Å². The molecule has 0 saturated carbocycles. The summed E-state index contributed by atoms with van der Waals surface area (Å²) >= 11 is 3.01. The van der Waals surface area contributed by atoms with Crippen LogP contribution in [0.25, 0.3) is 0 Å². The number of rotatable bonds is 37. The maximum atomic E-state index is 13.4. The molecule has 0 aliphatic carbocycles. The minimum atomic E-state index is -1.84. The van der Waals surface area contributed by atoms with Gasteiger partial charge in [-0.05, 0) is 105 Å². The molecule has 6 rings (SSSR count). The fraction of sp³-hybridized carbons (Fsp3) is 0.644. The molecule has 0 spiro atoms. The number of carboxylic acids is 4. The quantitative estimate of drug-likeness (QED) is 0.0240. The first-order valence-corrected chi connectivity index (χ1v) is 32.7. The van der Waals surface area contributed by atoms with Crippen molar-refractivity contribution in [2.75, 3.05) is 44.7 Å². The van der Waals surface area contributed by atoms with Gasteiger partial charge in [0, 0.05) is 62.2 Å². The van der Waals surface area contributed by atoms with Crippen molar-refractivity contribution in [2.45, 2.75) is 182 Å². The largest absolute Gasteiger partial charge is 0.481 e. The van der Waals surface area contributed by atoms with Crippen molar-refractivity contribution in [3.8, 4) is 0 Å². The third-order valence-electron chi connectivity index (χ3n) is 15.4. The van der Waals surface area contributed by atoms with E-state index in [1.54, 1.807) is 101 Å². The molecule has 16 N–H and O–H groups in total. The number of aromatic nitrogens is 3. The van der Waals surface area contributed by atoms with Gasteiger partial charge in [-0.15, -0.1) is 0 Å². The third-order valence-corrected chi connectivity index (χ3v) is 16.9. The normalized spacial score (nSPS) is 26.8. The van der Waals surface area contributed by atoms with E-state index in [0.29, 0.717) is 44.4 Å². The number of hydrogen-bond donors (Lipinski definition) is 16. The van der Waals surface area contributed by atoms with Crippen LogP contribution in [0.4, 0.5) is 0 Å². The lowest BCUT2D eigenvalue weighted by molar-refractivity contribution is -0.301. The topological polar surface area (TPSA) is 557 Å². The molecule has 3 aromatic heterocycles. The van der Waals surface area contributed by atoms with Crippen LogP contribution >= 0.6 is 23.5 Å². The molecule has 0 aromatic carbocycles. The summed E-state index contributed by atoms with van der Waals surface area (Å²) in [5, 5.41) is 136. The molecule has 3 aliphatic rings. The number of ketones is 3. The summed E-state index contributed by atoms with van der Waals surface area (Å²) < 4.78 is 36.5. The number of aliphatic hydroxyl groups is 9. The monoisotopic (exact) mass is 1420 g/mol. The van der Waals surface area contributed by atoms with Gasteiger partial charge in [0.2, 0.25) is 0 Å². The number of ether oxygens (including phenoxy) is 6. The highest BCUT2D eigenvalue weighted by Gasteiger charge is 2.50. The van der Waals surface area contributed by atoms with Crippen molar-refractivity contribution < 1.29 is 148 Å². The van der Waals surface area contributed by atoms with E-state index in [0.717, 1.165) is 22.4 Å². The first-order chi connectivity index (χ1) is 45.9. The molecule has 6 heterocycles. The Morgan fingerprint density at radius 2 is 0.856 bits per heavy atom. The van der Waals surface area contributed by atoms with Crippen LogP contribution in [0, 0.1) is 11.8 Å². The van der Waals surface area contributed by atoms with Crippen molar-refractivity contribution in [3.63, 3.8) is 0 Å². The van der Waals surface area contributed by atoms with Gasteiger partial charge in [-0.3, -0.25) is 19.2 Å². The number of aliphatic hydroxyl groups excluding tert-OH is 9. The Labute approximate surface area is 563 Å². The third kappa shape index (κ3) is 26.6. The Kier molecular flexibility index (Phi) is 37.6. The number of carbonyl (C=O) groups excluding carboxylic acids is 7. The predicted octanol–water partition coefficient (Wildman–Crippen LogP) is -5.00. The lowest BCUT2D eigenvalue weighted by atomic mass is 9.95. The van der Waals surface area contributed by atoms with Gasteiger partial charge in [-0.2, -0.15) is 42.7 Å². The number of aliphatic carboxylic acids is 4. The van der Waals surface area contributed by atoms with E-state index in [1.807, 2.05) is 13.2 Å². The van der Waals surface area contributed by atoms with Crippen molar-refractivity contribution in [3.05, 3.63) is 72.1 Å². The van der Waals surface area contributed by atoms with Gasteiger partial charge >= 0.3 is 36.2 Å². The zero-order chi connectivity index (χ0) is 72.8. The highest BCUT2D eigenvalue weighted by Crippen LogP contribution is 2.27. The van der Waals surface area contributed by atoms with Crippen LogP contribution in [0.3, 0.4) is 0 Å². The van der Waals surface area contributed by atoms with E-state index in [9.17, 15) is 94.8 Å². The van der Waals surface area contributed by atoms with Gasteiger partial charge in [0.25, 0.3) is 0 Å². The molecular formula is C59H86N6O30S2. The minimum Gasteiger partial charge on any atom is -0.481 e. The van der Waals surface area contributed by atoms with E-state index in [-0.39, 0.29) is 68.6 Å². The summed E-state index contributed by atoms with van der Waals surface area (Å²) in [7, 11) is 3.30. The average molecular weight is 1420 g/mol. The maximum Gasteiger partial charge on any atom is 0.373 e.